The maximum absolute atomic E-state index is 11.7. The smallest absolute Gasteiger partial charge is 0.252 e. The van der Waals surface area contributed by atoms with E-state index >= 15 is 0 Å². The Hall–Kier alpha value is -2.23. The van der Waals surface area contributed by atoms with Gasteiger partial charge in [0.15, 0.2) is 0 Å². The van der Waals surface area contributed by atoms with E-state index in [1.807, 2.05) is 25.1 Å². The van der Waals surface area contributed by atoms with Gasteiger partial charge in [0.05, 0.1) is 5.56 Å². The predicted molar refractivity (Wildman–Crippen MR) is 65.5 cm³/mol. The van der Waals surface area contributed by atoms with Crippen LogP contribution in [0.1, 0.15) is 17.3 Å². The van der Waals surface area contributed by atoms with Crippen LogP contribution in [0.2, 0.25) is 0 Å². The van der Waals surface area contributed by atoms with Gasteiger partial charge in [-0.3, -0.25) is 14.8 Å². The van der Waals surface area contributed by atoms with Crippen LogP contribution < -0.4 is 5.32 Å². The summed E-state index contributed by atoms with van der Waals surface area (Å²) in [6, 6.07) is 5.61. The SMILES string of the molecule is CCNC(=O)c1cncc(-c2cccnc2)c1. The van der Waals surface area contributed by atoms with Crippen molar-refractivity contribution in [3.05, 3.63) is 48.5 Å². The zero-order chi connectivity index (χ0) is 12.1. The zero-order valence-corrected chi connectivity index (χ0v) is 9.55. The Balaban J connectivity index is 2.32. The summed E-state index contributed by atoms with van der Waals surface area (Å²) in [5.41, 5.74) is 2.40. The number of hydrogen-bond acceptors (Lipinski definition) is 3. The van der Waals surface area contributed by atoms with Crippen molar-refractivity contribution < 1.29 is 4.79 Å². The first-order chi connectivity index (χ1) is 8.31. The zero-order valence-electron chi connectivity index (χ0n) is 9.55. The van der Waals surface area contributed by atoms with Gasteiger partial charge in [-0.15, -0.1) is 0 Å². The average Bonchev–Trinajstić information content (AvgIpc) is 2.40. The summed E-state index contributed by atoms with van der Waals surface area (Å²) in [6.07, 6.45) is 6.74. The Morgan fingerprint density at radius 2 is 2.06 bits per heavy atom. The van der Waals surface area contributed by atoms with Gasteiger partial charge in [0.2, 0.25) is 0 Å². The second kappa shape index (κ2) is 5.21. The highest BCUT2D eigenvalue weighted by atomic mass is 16.1. The second-order valence-electron chi connectivity index (χ2n) is 3.56. The van der Waals surface area contributed by atoms with Gasteiger partial charge in [0, 0.05) is 42.5 Å². The third-order valence-corrected chi connectivity index (χ3v) is 2.33. The number of carbonyl (C=O) groups is 1. The van der Waals surface area contributed by atoms with Gasteiger partial charge in [0.1, 0.15) is 0 Å². The lowest BCUT2D eigenvalue weighted by Crippen LogP contribution is -2.22. The summed E-state index contributed by atoms with van der Waals surface area (Å²) in [5, 5.41) is 2.75. The Labute approximate surface area is 99.7 Å². The molecule has 1 amide bonds. The summed E-state index contributed by atoms with van der Waals surface area (Å²) < 4.78 is 0. The van der Waals surface area contributed by atoms with E-state index in [2.05, 4.69) is 15.3 Å². The molecule has 4 heteroatoms. The van der Waals surface area contributed by atoms with Crippen LogP contribution in [0.4, 0.5) is 0 Å². The minimum absolute atomic E-state index is 0.106. The third kappa shape index (κ3) is 2.66. The normalized spacial score (nSPS) is 9.94. The van der Waals surface area contributed by atoms with E-state index in [9.17, 15) is 4.79 Å². The first-order valence-electron chi connectivity index (χ1n) is 5.45. The fourth-order valence-corrected chi connectivity index (χ4v) is 1.52. The van der Waals surface area contributed by atoms with Crippen LogP contribution in [-0.2, 0) is 0 Å². The maximum atomic E-state index is 11.7. The van der Waals surface area contributed by atoms with Crippen molar-refractivity contribution in [2.75, 3.05) is 6.54 Å². The first-order valence-corrected chi connectivity index (χ1v) is 5.45. The lowest BCUT2D eigenvalue weighted by Gasteiger charge is -2.04. The highest BCUT2D eigenvalue weighted by molar-refractivity contribution is 5.94. The minimum atomic E-state index is -0.106. The third-order valence-electron chi connectivity index (χ3n) is 2.33. The molecule has 0 bridgehead atoms. The van der Waals surface area contributed by atoms with Crippen molar-refractivity contribution in [2.24, 2.45) is 0 Å². The molecule has 17 heavy (non-hydrogen) atoms. The number of aromatic nitrogens is 2. The molecule has 86 valence electrons. The van der Waals surface area contributed by atoms with Gasteiger partial charge >= 0.3 is 0 Å². The average molecular weight is 227 g/mol. The fraction of sp³-hybridized carbons (Fsp3) is 0.154. The standard InChI is InChI=1S/C13H13N3O/c1-2-16-13(17)12-6-11(8-15-9-12)10-4-3-5-14-7-10/h3-9H,2H2,1H3,(H,16,17). The number of nitrogens with zero attached hydrogens (tertiary/aromatic N) is 2. The van der Waals surface area contributed by atoms with Crippen LogP contribution in [0.5, 0.6) is 0 Å². The van der Waals surface area contributed by atoms with Crippen molar-refractivity contribution in [1.29, 1.82) is 0 Å². The molecule has 0 aromatic carbocycles. The monoisotopic (exact) mass is 227 g/mol. The molecule has 1 N–H and O–H groups in total. The predicted octanol–water partition coefficient (Wildman–Crippen LogP) is 1.89. The highest BCUT2D eigenvalue weighted by Crippen LogP contribution is 2.17. The Kier molecular flexibility index (Phi) is 3.45. The van der Waals surface area contributed by atoms with Crippen LogP contribution in [0.25, 0.3) is 11.1 Å². The van der Waals surface area contributed by atoms with Crippen LogP contribution >= 0.6 is 0 Å². The van der Waals surface area contributed by atoms with E-state index in [0.29, 0.717) is 12.1 Å². The molecule has 0 aliphatic heterocycles. The number of carbonyl (C=O) groups excluding carboxylic acids is 1. The van der Waals surface area contributed by atoms with Gasteiger partial charge in [-0.2, -0.15) is 0 Å². The van der Waals surface area contributed by atoms with Gasteiger partial charge in [-0.25, -0.2) is 0 Å². The highest BCUT2D eigenvalue weighted by Gasteiger charge is 2.06. The van der Waals surface area contributed by atoms with E-state index in [4.69, 9.17) is 0 Å². The summed E-state index contributed by atoms with van der Waals surface area (Å²) in [7, 11) is 0. The van der Waals surface area contributed by atoms with Crippen LogP contribution in [0.15, 0.2) is 43.0 Å². The van der Waals surface area contributed by atoms with Crippen molar-refractivity contribution in [2.45, 2.75) is 6.92 Å². The summed E-state index contributed by atoms with van der Waals surface area (Å²) in [5.74, 6) is -0.106. The topological polar surface area (TPSA) is 54.9 Å². The fourth-order valence-electron chi connectivity index (χ4n) is 1.52. The van der Waals surface area contributed by atoms with E-state index in [-0.39, 0.29) is 5.91 Å². The van der Waals surface area contributed by atoms with Gasteiger partial charge < -0.3 is 5.32 Å². The van der Waals surface area contributed by atoms with E-state index < -0.39 is 0 Å². The molecule has 2 aromatic rings. The van der Waals surface area contributed by atoms with E-state index in [1.54, 1.807) is 24.8 Å². The van der Waals surface area contributed by atoms with Gasteiger partial charge in [0.25, 0.3) is 5.91 Å². The Morgan fingerprint density at radius 1 is 1.24 bits per heavy atom. The summed E-state index contributed by atoms with van der Waals surface area (Å²) >= 11 is 0. The summed E-state index contributed by atoms with van der Waals surface area (Å²) in [4.78, 5) is 19.8. The summed E-state index contributed by atoms with van der Waals surface area (Å²) in [6.45, 7) is 2.49. The number of rotatable bonds is 3. The quantitative estimate of drug-likeness (QED) is 0.871. The van der Waals surface area contributed by atoms with Gasteiger partial charge in [-0.05, 0) is 19.1 Å². The lowest BCUT2D eigenvalue weighted by atomic mass is 10.1. The molecular weight excluding hydrogens is 214 g/mol. The number of nitrogens with one attached hydrogen (secondary N) is 1. The van der Waals surface area contributed by atoms with E-state index in [1.165, 1.54) is 0 Å². The molecule has 4 nitrogen and oxygen atoms in total. The molecule has 0 radical (unpaired) electrons. The molecular formula is C13H13N3O. The number of hydrogen-bond donors (Lipinski definition) is 1. The first kappa shape index (κ1) is 11.3. The molecule has 0 saturated carbocycles. The molecule has 0 aliphatic rings. The minimum Gasteiger partial charge on any atom is -0.352 e. The molecule has 0 atom stereocenters. The molecule has 0 fully saturated rings. The van der Waals surface area contributed by atoms with Crippen molar-refractivity contribution in [1.82, 2.24) is 15.3 Å². The lowest BCUT2D eigenvalue weighted by molar-refractivity contribution is 0.0955. The maximum Gasteiger partial charge on any atom is 0.252 e. The van der Waals surface area contributed by atoms with Crippen molar-refractivity contribution in [3.63, 3.8) is 0 Å². The molecule has 0 saturated heterocycles. The van der Waals surface area contributed by atoms with Crippen molar-refractivity contribution >= 4 is 5.91 Å². The molecule has 0 aliphatic carbocycles. The molecule has 0 spiro atoms. The van der Waals surface area contributed by atoms with Crippen LogP contribution in [-0.4, -0.2) is 22.4 Å². The van der Waals surface area contributed by atoms with E-state index in [0.717, 1.165) is 11.1 Å². The van der Waals surface area contributed by atoms with Gasteiger partial charge in [-0.1, -0.05) is 6.07 Å². The van der Waals surface area contributed by atoms with Crippen LogP contribution in [0, 0.1) is 0 Å². The number of amides is 1. The Bertz CT molecular complexity index is 511. The van der Waals surface area contributed by atoms with Crippen LogP contribution in [0.3, 0.4) is 0 Å². The second-order valence-corrected chi connectivity index (χ2v) is 3.56. The molecule has 0 unspecified atom stereocenters. The molecule has 2 heterocycles. The largest absolute Gasteiger partial charge is 0.352 e. The molecule has 2 rings (SSSR count). The van der Waals surface area contributed by atoms with Crippen molar-refractivity contribution in [3.8, 4) is 11.1 Å². The number of pyridine rings is 2. The Morgan fingerprint density at radius 3 is 2.76 bits per heavy atom. The molecule has 2 aromatic heterocycles.